The van der Waals surface area contributed by atoms with Crippen molar-refractivity contribution in [2.75, 3.05) is 0 Å². The number of phenols is 1. The summed E-state index contributed by atoms with van der Waals surface area (Å²) in [7, 11) is 0. The number of furan rings is 1. The van der Waals surface area contributed by atoms with Gasteiger partial charge in [-0.3, -0.25) is 0 Å². The van der Waals surface area contributed by atoms with Gasteiger partial charge < -0.3 is 9.52 Å². The summed E-state index contributed by atoms with van der Waals surface area (Å²) in [5, 5.41) is 15.3. The molecular weight excluding hydrogens is 314 g/mol. The number of aromatic hydroxyl groups is 1. The van der Waals surface area contributed by atoms with Crippen LogP contribution in [0, 0.1) is 0 Å². The molecule has 6 heteroatoms. The van der Waals surface area contributed by atoms with Crippen molar-refractivity contribution < 1.29 is 9.52 Å². The molecule has 0 saturated heterocycles. The summed E-state index contributed by atoms with van der Waals surface area (Å²) in [4.78, 5) is 4.02. The fourth-order valence-electron chi connectivity index (χ4n) is 2.62. The lowest BCUT2D eigenvalue weighted by Crippen LogP contribution is -2.12. The van der Waals surface area contributed by atoms with Gasteiger partial charge in [0.25, 0.3) is 0 Å². The number of phenolic OH excluding ortho intramolecular Hbond substituents is 1. The van der Waals surface area contributed by atoms with E-state index in [1.165, 1.54) is 6.33 Å². The predicted octanol–water partition coefficient (Wildman–Crippen LogP) is 4.02. The summed E-state index contributed by atoms with van der Waals surface area (Å²) in [5.74, 6) is 0.931. The normalized spacial score (nSPS) is 12.6. The third kappa shape index (κ3) is 2.55. The zero-order valence-corrected chi connectivity index (χ0v) is 12.7. The van der Waals surface area contributed by atoms with Crippen LogP contribution in [-0.2, 0) is 0 Å². The summed E-state index contributed by atoms with van der Waals surface area (Å²) < 4.78 is 7.70. The molecule has 4 aromatic rings. The molecule has 0 spiro atoms. The molecule has 23 heavy (non-hydrogen) atoms. The number of halogens is 1. The quantitative estimate of drug-likeness (QED) is 0.618. The van der Waals surface area contributed by atoms with E-state index in [0.29, 0.717) is 5.02 Å². The summed E-state index contributed by atoms with van der Waals surface area (Å²) in [6.07, 6.45) is 3.12. The Kier molecular flexibility index (Phi) is 3.28. The summed E-state index contributed by atoms with van der Waals surface area (Å²) in [6.45, 7) is 0. The van der Waals surface area contributed by atoms with Crippen LogP contribution in [0.2, 0.25) is 5.02 Å². The number of aromatic nitrogens is 3. The fraction of sp³-hybridized carbons (Fsp3) is 0.0588. The molecule has 1 N–H and O–H groups in total. The number of nitrogens with zero attached hydrogens (tertiary/aromatic N) is 3. The average Bonchev–Trinajstić information content (AvgIpc) is 3.19. The molecule has 1 unspecified atom stereocenters. The molecular formula is C17H12ClN3O2. The Morgan fingerprint density at radius 3 is 2.65 bits per heavy atom. The molecule has 2 aromatic heterocycles. The molecule has 0 radical (unpaired) electrons. The lowest BCUT2D eigenvalue weighted by Gasteiger charge is -2.15. The van der Waals surface area contributed by atoms with E-state index in [-0.39, 0.29) is 11.8 Å². The minimum atomic E-state index is -0.274. The number of hydrogen-bond acceptors (Lipinski definition) is 4. The van der Waals surface area contributed by atoms with E-state index in [1.807, 2.05) is 30.3 Å². The molecule has 1 atom stereocenters. The maximum atomic E-state index is 9.51. The molecule has 0 aliphatic rings. The summed E-state index contributed by atoms with van der Waals surface area (Å²) in [6, 6.07) is 14.1. The second-order valence-electron chi connectivity index (χ2n) is 5.20. The van der Waals surface area contributed by atoms with Crippen LogP contribution in [0.1, 0.15) is 17.4 Å². The highest BCUT2D eigenvalue weighted by Gasteiger charge is 2.21. The Bertz CT molecular complexity index is 946. The van der Waals surface area contributed by atoms with Gasteiger partial charge in [-0.1, -0.05) is 23.7 Å². The van der Waals surface area contributed by atoms with Crippen LogP contribution in [0.5, 0.6) is 5.75 Å². The van der Waals surface area contributed by atoms with E-state index in [4.69, 9.17) is 16.0 Å². The Labute approximate surface area is 136 Å². The molecule has 4 rings (SSSR count). The van der Waals surface area contributed by atoms with Crippen molar-refractivity contribution in [2.45, 2.75) is 6.04 Å². The van der Waals surface area contributed by atoms with Gasteiger partial charge in [0.1, 0.15) is 35.8 Å². The lowest BCUT2D eigenvalue weighted by atomic mass is 10.0. The maximum Gasteiger partial charge on any atom is 0.137 e. The second kappa shape index (κ2) is 5.44. The topological polar surface area (TPSA) is 64.1 Å². The highest BCUT2D eigenvalue weighted by molar-refractivity contribution is 6.31. The standard InChI is InChI=1S/C17H12ClN3O2/c18-13-3-6-15-12(7-13)8-16(23-15)17(21-10-19-9-20-21)11-1-4-14(22)5-2-11/h1-10,17,22H. The van der Waals surface area contributed by atoms with E-state index >= 15 is 0 Å². The molecule has 2 heterocycles. The minimum Gasteiger partial charge on any atom is -0.508 e. The highest BCUT2D eigenvalue weighted by atomic mass is 35.5. The third-order valence-electron chi connectivity index (χ3n) is 3.68. The van der Waals surface area contributed by atoms with Crippen molar-refractivity contribution >= 4 is 22.6 Å². The molecule has 0 aliphatic heterocycles. The van der Waals surface area contributed by atoms with E-state index < -0.39 is 0 Å². The highest BCUT2D eigenvalue weighted by Crippen LogP contribution is 2.32. The van der Waals surface area contributed by atoms with Crippen molar-refractivity contribution in [1.82, 2.24) is 14.8 Å². The number of hydrogen-bond donors (Lipinski definition) is 1. The first-order valence-corrected chi connectivity index (χ1v) is 7.40. The molecule has 0 bridgehead atoms. The molecule has 114 valence electrons. The van der Waals surface area contributed by atoms with E-state index in [0.717, 1.165) is 22.3 Å². The largest absolute Gasteiger partial charge is 0.508 e. The monoisotopic (exact) mass is 325 g/mol. The maximum absolute atomic E-state index is 9.51. The second-order valence-corrected chi connectivity index (χ2v) is 5.64. The zero-order chi connectivity index (χ0) is 15.8. The number of rotatable bonds is 3. The van der Waals surface area contributed by atoms with Crippen LogP contribution in [0.4, 0.5) is 0 Å². The van der Waals surface area contributed by atoms with Gasteiger partial charge in [-0.05, 0) is 42.0 Å². The molecule has 0 aliphatic carbocycles. The van der Waals surface area contributed by atoms with Crippen molar-refractivity contribution in [2.24, 2.45) is 0 Å². The van der Waals surface area contributed by atoms with Gasteiger partial charge in [0.15, 0.2) is 0 Å². The van der Waals surface area contributed by atoms with E-state index in [9.17, 15) is 5.11 Å². The molecule has 0 amide bonds. The van der Waals surface area contributed by atoms with E-state index in [2.05, 4.69) is 10.1 Å². The van der Waals surface area contributed by atoms with Gasteiger partial charge in [-0.2, -0.15) is 5.10 Å². The smallest absolute Gasteiger partial charge is 0.137 e. The summed E-state index contributed by atoms with van der Waals surface area (Å²) >= 11 is 6.04. The van der Waals surface area contributed by atoms with Gasteiger partial charge in [-0.25, -0.2) is 9.67 Å². The number of benzene rings is 2. The first kappa shape index (κ1) is 13.8. The van der Waals surface area contributed by atoms with Crippen molar-refractivity contribution in [3.8, 4) is 5.75 Å². The van der Waals surface area contributed by atoms with Crippen LogP contribution < -0.4 is 0 Å². The predicted molar refractivity (Wildman–Crippen MR) is 86.6 cm³/mol. The Hall–Kier alpha value is -2.79. The van der Waals surface area contributed by atoms with Gasteiger partial charge in [0.2, 0.25) is 0 Å². The number of fused-ring (bicyclic) bond motifs is 1. The zero-order valence-electron chi connectivity index (χ0n) is 11.9. The van der Waals surface area contributed by atoms with E-state index in [1.54, 1.807) is 29.2 Å². The Balaban J connectivity index is 1.88. The lowest BCUT2D eigenvalue weighted by molar-refractivity contribution is 0.459. The molecule has 0 saturated carbocycles. The average molecular weight is 326 g/mol. The minimum absolute atomic E-state index is 0.211. The Morgan fingerprint density at radius 1 is 1.09 bits per heavy atom. The first-order valence-electron chi connectivity index (χ1n) is 7.03. The molecule has 0 fully saturated rings. The SMILES string of the molecule is Oc1ccc(C(c2cc3cc(Cl)ccc3o2)n2cncn2)cc1. The van der Waals surface area contributed by atoms with Crippen molar-refractivity contribution in [3.05, 3.63) is 77.5 Å². The van der Waals surface area contributed by atoms with Crippen LogP contribution in [0.25, 0.3) is 11.0 Å². The third-order valence-corrected chi connectivity index (χ3v) is 3.91. The summed E-state index contributed by atoms with van der Waals surface area (Å²) in [5.41, 5.74) is 1.69. The van der Waals surface area contributed by atoms with Crippen molar-refractivity contribution in [1.29, 1.82) is 0 Å². The van der Waals surface area contributed by atoms with Crippen LogP contribution in [0.15, 0.2) is 65.6 Å². The van der Waals surface area contributed by atoms with Gasteiger partial charge >= 0.3 is 0 Å². The van der Waals surface area contributed by atoms with Crippen LogP contribution in [-0.4, -0.2) is 19.9 Å². The van der Waals surface area contributed by atoms with Crippen molar-refractivity contribution in [3.63, 3.8) is 0 Å². The molecule has 5 nitrogen and oxygen atoms in total. The molecule has 2 aromatic carbocycles. The van der Waals surface area contributed by atoms with Gasteiger partial charge in [0, 0.05) is 10.4 Å². The first-order chi connectivity index (χ1) is 11.2. The fourth-order valence-corrected chi connectivity index (χ4v) is 2.80. The van der Waals surface area contributed by atoms with Gasteiger partial charge in [-0.15, -0.1) is 0 Å². The van der Waals surface area contributed by atoms with Crippen LogP contribution in [0.3, 0.4) is 0 Å². The van der Waals surface area contributed by atoms with Crippen LogP contribution >= 0.6 is 11.6 Å². The van der Waals surface area contributed by atoms with Gasteiger partial charge in [0.05, 0.1) is 0 Å². The Morgan fingerprint density at radius 2 is 1.91 bits per heavy atom.